The van der Waals surface area contributed by atoms with E-state index < -0.39 is 0 Å². The zero-order chi connectivity index (χ0) is 17.4. The summed E-state index contributed by atoms with van der Waals surface area (Å²) in [7, 11) is 0. The van der Waals surface area contributed by atoms with Gasteiger partial charge in [0.05, 0.1) is 18.7 Å². The number of rotatable bonds is 2. The average molecular weight is 338 g/mol. The smallest absolute Gasteiger partial charge is 0.318 e. The van der Waals surface area contributed by atoms with Gasteiger partial charge < -0.3 is 20.4 Å². The van der Waals surface area contributed by atoms with Crippen LogP contribution in [0.1, 0.15) is 40.8 Å². The molecule has 0 unspecified atom stereocenters. The lowest BCUT2D eigenvalue weighted by Gasteiger charge is -2.37. The number of hydrogen-bond acceptors (Lipinski definition) is 3. The predicted molar refractivity (Wildman–Crippen MR) is 94.4 cm³/mol. The minimum absolute atomic E-state index is 0.0908. The van der Waals surface area contributed by atoms with Gasteiger partial charge >= 0.3 is 6.03 Å². The van der Waals surface area contributed by atoms with Gasteiger partial charge in [-0.25, -0.2) is 4.79 Å². The molecule has 0 saturated carbocycles. The van der Waals surface area contributed by atoms with Crippen molar-refractivity contribution in [3.05, 3.63) is 64.7 Å². The third-order valence-corrected chi connectivity index (χ3v) is 5.39. The molecule has 25 heavy (non-hydrogen) atoms. The molecule has 0 saturated heterocycles. The number of fused-ring (bicyclic) bond motifs is 2. The summed E-state index contributed by atoms with van der Waals surface area (Å²) < 4.78 is 0. The Morgan fingerprint density at radius 2 is 1.92 bits per heavy atom. The zero-order valence-corrected chi connectivity index (χ0v) is 14.0. The number of aliphatic hydroxyl groups is 1. The number of amides is 2. The molecule has 1 heterocycles. The lowest BCUT2D eigenvalue weighted by molar-refractivity contribution is 0.125. The Kier molecular flexibility index (Phi) is 4.09. The maximum absolute atomic E-state index is 12.9. The van der Waals surface area contributed by atoms with Crippen LogP contribution < -0.4 is 5.32 Å². The minimum Gasteiger partial charge on any atom is -0.508 e. The molecular weight excluding hydrogens is 316 g/mol. The number of carbonyl (C=O) groups is 1. The highest BCUT2D eigenvalue weighted by atomic mass is 16.3. The summed E-state index contributed by atoms with van der Waals surface area (Å²) in [5, 5.41) is 22.9. The first-order chi connectivity index (χ1) is 12.2. The quantitative estimate of drug-likeness (QED) is 0.788. The molecule has 5 nitrogen and oxygen atoms in total. The summed E-state index contributed by atoms with van der Waals surface area (Å²) in [4.78, 5) is 14.6. The predicted octanol–water partition coefficient (Wildman–Crippen LogP) is 2.68. The van der Waals surface area contributed by atoms with E-state index in [2.05, 4.69) is 11.4 Å². The number of phenolic OH excluding ortho intramolecular Hbond substituents is 1. The van der Waals surface area contributed by atoms with Gasteiger partial charge in [0.25, 0.3) is 0 Å². The highest BCUT2D eigenvalue weighted by Gasteiger charge is 2.33. The van der Waals surface area contributed by atoms with Gasteiger partial charge in [-0.2, -0.15) is 0 Å². The maximum Gasteiger partial charge on any atom is 0.318 e. The monoisotopic (exact) mass is 338 g/mol. The van der Waals surface area contributed by atoms with Gasteiger partial charge in [-0.1, -0.05) is 36.4 Å². The molecule has 2 amide bonds. The van der Waals surface area contributed by atoms with E-state index in [0.717, 1.165) is 36.0 Å². The molecule has 4 rings (SSSR count). The fraction of sp³-hybridized carbons (Fsp3) is 0.350. The number of nitrogens with zero attached hydrogens (tertiary/aromatic N) is 1. The Hall–Kier alpha value is -2.53. The van der Waals surface area contributed by atoms with E-state index in [9.17, 15) is 15.0 Å². The van der Waals surface area contributed by atoms with Crippen molar-refractivity contribution >= 4 is 6.03 Å². The van der Waals surface area contributed by atoms with E-state index in [1.165, 1.54) is 5.56 Å². The molecule has 3 N–H and O–H groups in total. The first kappa shape index (κ1) is 16.0. The van der Waals surface area contributed by atoms with Gasteiger partial charge in [0.2, 0.25) is 0 Å². The van der Waals surface area contributed by atoms with Gasteiger partial charge in [0.15, 0.2) is 0 Å². The molecule has 0 spiro atoms. The van der Waals surface area contributed by atoms with Crippen molar-refractivity contribution < 1.29 is 15.0 Å². The van der Waals surface area contributed by atoms with Gasteiger partial charge in [0.1, 0.15) is 5.75 Å². The van der Waals surface area contributed by atoms with E-state index in [-0.39, 0.29) is 24.7 Å². The van der Waals surface area contributed by atoms with Crippen LogP contribution in [0.15, 0.2) is 42.5 Å². The summed E-state index contributed by atoms with van der Waals surface area (Å²) in [6.45, 7) is 0.500. The normalized spacial score (nSPS) is 21.6. The van der Waals surface area contributed by atoms with Gasteiger partial charge in [-0.15, -0.1) is 0 Å². The van der Waals surface area contributed by atoms with Crippen LogP contribution in [0.4, 0.5) is 4.79 Å². The van der Waals surface area contributed by atoms with Crippen molar-refractivity contribution in [2.24, 2.45) is 0 Å². The van der Waals surface area contributed by atoms with Crippen LogP contribution in [0.5, 0.6) is 5.75 Å². The zero-order valence-electron chi connectivity index (χ0n) is 14.0. The lowest BCUT2D eigenvalue weighted by Crippen LogP contribution is -2.47. The number of benzene rings is 2. The van der Waals surface area contributed by atoms with Crippen molar-refractivity contribution in [3.8, 4) is 5.75 Å². The molecule has 130 valence electrons. The first-order valence-corrected chi connectivity index (χ1v) is 8.75. The summed E-state index contributed by atoms with van der Waals surface area (Å²) in [5.41, 5.74) is 4.14. The summed E-state index contributed by atoms with van der Waals surface area (Å²) >= 11 is 0. The van der Waals surface area contributed by atoms with Crippen LogP contribution >= 0.6 is 0 Å². The van der Waals surface area contributed by atoms with E-state index in [4.69, 9.17) is 0 Å². The number of aromatic hydroxyl groups is 1. The molecule has 0 fully saturated rings. The first-order valence-electron chi connectivity index (χ1n) is 8.75. The molecule has 2 aromatic rings. The van der Waals surface area contributed by atoms with E-state index in [0.29, 0.717) is 12.3 Å². The number of aliphatic hydroxyl groups excluding tert-OH is 1. The molecule has 2 aliphatic rings. The van der Waals surface area contributed by atoms with E-state index >= 15 is 0 Å². The molecule has 5 heteroatoms. The number of carbonyl (C=O) groups excluding carboxylic acids is 1. The Bertz CT molecular complexity index is 805. The summed E-state index contributed by atoms with van der Waals surface area (Å²) in [5.74, 6) is 0.300. The Labute approximate surface area is 146 Å². The Balaban J connectivity index is 1.54. The number of nitrogens with one attached hydrogen (secondary N) is 1. The van der Waals surface area contributed by atoms with Gasteiger partial charge in [-0.05, 0) is 47.6 Å². The van der Waals surface area contributed by atoms with Gasteiger partial charge in [0, 0.05) is 6.54 Å². The molecule has 1 aliphatic heterocycles. The molecule has 0 radical (unpaired) electrons. The Morgan fingerprint density at radius 1 is 1.12 bits per heavy atom. The van der Waals surface area contributed by atoms with Crippen molar-refractivity contribution in [3.63, 3.8) is 0 Å². The average Bonchev–Trinajstić information content (AvgIpc) is 3.05. The third kappa shape index (κ3) is 2.74. The topological polar surface area (TPSA) is 72.8 Å². The minimum atomic E-state index is -0.310. The van der Waals surface area contributed by atoms with Crippen LogP contribution in [0.25, 0.3) is 0 Å². The second kappa shape index (κ2) is 6.41. The van der Waals surface area contributed by atoms with Crippen LogP contribution in [-0.2, 0) is 12.8 Å². The SMILES string of the molecule is O=C(N[C@H]1CCc2c(O)cccc21)N1CCc2ccccc2[C@@H]1CO. The molecular formula is C20H22N2O3. The molecule has 0 bridgehead atoms. The van der Waals surface area contributed by atoms with E-state index in [1.54, 1.807) is 11.0 Å². The summed E-state index contributed by atoms with van der Waals surface area (Å²) in [6, 6.07) is 12.9. The molecule has 0 aromatic heterocycles. The second-order valence-corrected chi connectivity index (χ2v) is 6.73. The molecule has 1 aliphatic carbocycles. The Morgan fingerprint density at radius 3 is 2.76 bits per heavy atom. The van der Waals surface area contributed by atoms with Crippen LogP contribution in [-0.4, -0.2) is 34.3 Å². The molecule has 2 aromatic carbocycles. The number of phenols is 1. The maximum atomic E-state index is 12.9. The number of hydrogen-bond donors (Lipinski definition) is 3. The van der Waals surface area contributed by atoms with Gasteiger partial charge in [-0.3, -0.25) is 0 Å². The lowest BCUT2D eigenvalue weighted by atomic mass is 9.93. The number of urea groups is 1. The fourth-order valence-electron chi connectivity index (χ4n) is 4.11. The van der Waals surface area contributed by atoms with Crippen molar-refractivity contribution in [2.75, 3.05) is 13.2 Å². The second-order valence-electron chi connectivity index (χ2n) is 6.73. The third-order valence-electron chi connectivity index (χ3n) is 5.39. The molecule has 2 atom stereocenters. The van der Waals surface area contributed by atoms with Crippen LogP contribution in [0.2, 0.25) is 0 Å². The highest BCUT2D eigenvalue weighted by molar-refractivity contribution is 5.76. The summed E-state index contributed by atoms with van der Waals surface area (Å²) in [6.07, 6.45) is 2.34. The van der Waals surface area contributed by atoms with Crippen molar-refractivity contribution in [1.82, 2.24) is 10.2 Å². The van der Waals surface area contributed by atoms with E-state index in [1.807, 2.05) is 30.3 Å². The highest BCUT2D eigenvalue weighted by Crippen LogP contribution is 2.37. The fourth-order valence-corrected chi connectivity index (χ4v) is 4.11. The largest absolute Gasteiger partial charge is 0.508 e. The van der Waals surface area contributed by atoms with Crippen LogP contribution in [0, 0.1) is 0 Å². The van der Waals surface area contributed by atoms with Crippen LogP contribution in [0.3, 0.4) is 0 Å². The van der Waals surface area contributed by atoms with Crippen molar-refractivity contribution in [1.29, 1.82) is 0 Å². The standard InChI is InChI=1S/C20H22N2O3/c23-12-18-14-5-2-1-4-13(14)10-11-22(18)20(25)21-17-9-8-16-15(17)6-3-7-19(16)24/h1-7,17-18,23-24H,8-12H2,(H,21,25)/t17-,18-/m0/s1. The van der Waals surface area contributed by atoms with Crippen molar-refractivity contribution in [2.45, 2.75) is 31.3 Å².